The maximum absolute atomic E-state index is 13.5. The molecule has 0 unspecified atom stereocenters. The van der Waals surface area contributed by atoms with E-state index in [4.69, 9.17) is 0 Å². The van der Waals surface area contributed by atoms with Crippen molar-refractivity contribution >= 4 is 107 Å². The molecule has 25 rings (SSSR count). The number of pyridine rings is 5. The summed E-state index contributed by atoms with van der Waals surface area (Å²) in [6.07, 6.45) is 11.1. The van der Waals surface area contributed by atoms with Crippen LogP contribution in [-0.2, 0) is 38.1 Å². The van der Waals surface area contributed by atoms with E-state index in [0.29, 0.717) is 0 Å². The van der Waals surface area contributed by atoms with E-state index < -0.39 is 0 Å². The number of hydrogen-bond acceptors (Lipinski definition) is 5. The van der Waals surface area contributed by atoms with Gasteiger partial charge in [-0.3, -0.25) is 0 Å². The molecule has 0 N–H and O–H groups in total. The number of benzene rings is 10. The molecule has 11 heteroatoms. The minimum absolute atomic E-state index is 0. The molecule has 5 aliphatic rings. The van der Waals surface area contributed by atoms with Gasteiger partial charge in [-0.15, -0.1) is 56.7 Å². The third-order valence-electron chi connectivity index (χ3n) is 23.7. The first-order chi connectivity index (χ1) is 57.7. The molecule has 0 saturated carbocycles. The third kappa shape index (κ3) is 14.0. The summed E-state index contributed by atoms with van der Waals surface area (Å²) < 4.78 is 32.0. The first-order valence-corrected chi connectivity index (χ1v) is 44.6. The molecule has 0 fully saturated rings. The normalized spacial score (nSPS) is 12.4. The first kappa shape index (κ1) is 75.4. The summed E-state index contributed by atoms with van der Waals surface area (Å²) in [6.45, 7) is 18.1. The van der Waals surface area contributed by atoms with Gasteiger partial charge in [-0.25, -0.2) is 4.39 Å². The molecule has 15 heterocycles. The summed E-state index contributed by atoms with van der Waals surface area (Å²) in [5, 5.41) is 6.75. The molecule has 20 aromatic rings. The average Bonchev–Trinajstić information content (AvgIpc) is 1.57. The minimum Gasteiger partial charge on any atom is -0.207 e. The molecule has 10 aromatic carbocycles. The quantitative estimate of drug-likeness (QED) is 0.153. The fraction of sp³-hybridized carbons (Fsp3) is 0.120. The SMILES string of the molecule is C.CC(C)(C)c1ccc2c(c1)C[n+]1ccc3sc(-c4ccccc4)cc3c1-2.Cc1cc(C)c2c(c1)C[n+]1ccc3sc(-c4ccccc4)cc3c1-2.Cc1ccc2c(c1)C[n+]1ccc3sc(-c4ccccc4)cc3c1-2.Fc1ccc2c(c1)C[n+]1ccc3sc(-c4ccccc4)cc3c1-2.c1ccc(-c2cc3c4[n+](ccc3s2)Cc2ccccc2-4)cc1. The number of hydrogen-bond donors (Lipinski definition) is 0. The van der Waals surface area contributed by atoms with Crippen molar-refractivity contribution in [2.24, 2.45) is 0 Å². The molecule has 5 nitrogen and oxygen atoms in total. The molecule has 10 aromatic heterocycles. The van der Waals surface area contributed by atoms with Crippen molar-refractivity contribution in [1.82, 2.24) is 0 Å². The van der Waals surface area contributed by atoms with E-state index in [1.54, 1.807) is 23.5 Å². The smallest absolute Gasteiger partial charge is 0.207 e. The molecular formula is C108H87FN5S5+5. The van der Waals surface area contributed by atoms with Gasteiger partial charge in [0, 0.05) is 106 Å². The topological polar surface area (TPSA) is 19.4 Å². The Morgan fingerprint density at radius 1 is 0.269 bits per heavy atom. The largest absolute Gasteiger partial charge is 0.222 e. The zero-order chi connectivity index (χ0) is 79.4. The van der Waals surface area contributed by atoms with E-state index in [1.807, 2.05) is 57.5 Å². The van der Waals surface area contributed by atoms with Crippen LogP contribution in [0.2, 0.25) is 0 Å². The van der Waals surface area contributed by atoms with Gasteiger partial charge in [-0.1, -0.05) is 227 Å². The fourth-order valence-corrected chi connectivity index (χ4v) is 23.4. The van der Waals surface area contributed by atoms with Crippen LogP contribution < -0.4 is 22.8 Å². The number of nitrogens with zero attached hydrogens (tertiary/aromatic N) is 5. The zero-order valence-corrected chi connectivity index (χ0v) is 70.5. The summed E-state index contributed by atoms with van der Waals surface area (Å²) in [5.74, 6) is -0.163. The highest BCUT2D eigenvalue weighted by Gasteiger charge is 2.36. The number of fused-ring (bicyclic) bond motifs is 25. The zero-order valence-electron chi connectivity index (χ0n) is 66.4. The van der Waals surface area contributed by atoms with E-state index in [-0.39, 0.29) is 18.7 Å². The second-order valence-electron chi connectivity index (χ2n) is 32.6. The Balaban J connectivity index is 0.0000000951. The van der Waals surface area contributed by atoms with E-state index >= 15 is 0 Å². The molecule has 5 aliphatic heterocycles. The Morgan fingerprint density at radius 2 is 0.571 bits per heavy atom. The van der Waals surface area contributed by atoms with Crippen LogP contribution in [0.15, 0.2) is 334 Å². The Morgan fingerprint density at radius 3 is 0.966 bits per heavy atom. The second-order valence-corrected chi connectivity index (χ2v) is 38.0. The fourth-order valence-electron chi connectivity index (χ4n) is 18.1. The molecule has 0 aliphatic carbocycles. The predicted octanol–water partition coefficient (Wildman–Crippen LogP) is 27.4. The summed E-state index contributed by atoms with van der Waals surface area (Å²) >= 11 is 9.34. The molecule has 119 heavy (non-hydrogen) atoms. The van der Waals surface area contributed by atoms with Gasteiger partial charge >= 0.3 is 0 Å². The maximum atomic E-state index is 13.5. The second kappa shape index (κ2) is 30.9. The van der Waals surface area contributed by atoms with Crippen molar-refractivity contribution in [2.45, 2.75) is 87.1 Å². The van der Waals surface area contributed by atoms with Crippen molar-refractivity contribution < 1.29 is 27.2 Å². The van der Waals surface area contributed by atoms with Crippen molar-refractivity contribution in [3.63, 3.8) is 0 Å². The van der Waals surface area contributed by atoms with Crippen LogP contribution in [0, 0.1) is 26.6 Å². The number of thiophene rings is 5. The Labute approximate surface area is 714 Å². The van der Waals surface area contributed by atoms with Gasteiger partial charge in [0.2, 0.25) is 28.5 Å². The lowest BCUT2D eigenvalue weighted by Gasteiger charge is -2.19. The van der Waals surface area contributed by atoms with E-state index in [0.717, 1.165) is 43.9 Å². The van der Waals surface area contributed by atoms with Crippen LogP contribution in [0.1, 0.15) is 78.3 Å². The van der Waals surface area contributed by atoms with Gasteiger partial charge in [-0.2, -0.15) is 22.8 Å². The molecule has 0 saturated heterocycles. The van der Waals surface area contributed by atoms with E-state index in [1.165, 1.54) is 198 Å². The maximum Gasteiger partial charge on any atom is 0.222 e. The summed E-state index contributed by atoms with van der Waals surface area (Å²) in [4.78, 5) is 6.64. The predicted molar refractivity (Wildman–Crippen MR) is 500 cm³/mol. The van der Waals surface area contributed by atoms with Crippen molar-refractivity contribution in [3.05, 3.63) is 390 Å². The van der Waals surface area contributed by atoms with Gasteiger partial charge in [0.1, 0.15) is 5.82 Å². The standard InChI is InChI=1S/C24H22NS.C22H18NS.C21H16NS.C20H13FNS.C20H14NS.CH4/c1-24(2,3)18-9-10-19-17(13-18)15-25-12-11-21-20(23(19)25)14-22(26-21)16-7-5-4-6-8-16;1-14-10-15(2)21-17(11-14)13-23-9-8-19-18(22(21)23)12-20(24-19)16-6-4-3-5-7-16;1-14-7-8-17-16(11-14)13-22-10-9-19-18(21(17)22)12-20(23-19)15-5-3-2-4-6-15;21-15-6-7-16-14(10-15)12-22-9-8-18-17(20(16)22)11-19(23-18)13-4-2-1-3-5-13;1-2-6-14(7-3-1)19-12-17-18(22-19)10-11-21-13-15-8-4-5-9-16(15)20(17)21;/h4-14H,15H2,1-3H3;3-12H,13H2,1-2H3;2-12H,13H2,1H3;1-11H,12H2;1-12H,13H2;1H4/q5*+1;. The molecule has 0 bridgehead atoms. The average molecular weight is 1630 g/mol. The highest BCUT2D eigenvalue weighted by molar-refractivity contribution is 7.24. The Bertz CT molecular complexity index is 7180. The highest BCUT2D eigenvalue weighted by atomic mass is 32.1. The van der Waals surface area contributed by atoms with Gasteiger partial charge < -0.3 is 0 Å². The van der Waals surface area contributed by atoms with Crippen LogP contribution in [-0.4, -0.2) is 0 Å². The van der Waals surface area contributed by atoms with E-state index in [2.05, 4.69) is 374 Å². The van der Waals surface area contributed by atoms with Crippen molar-refractivity contribution in [2.75, 3.05) is 0 Å². The van der Waals surface area contributed by atoms with Crippen LogP contribution in [0.25, 0.3) is 159 Å². The van der Waals surface area contributed by atoms with Crippen molar-refractivity contribution in [1.29, 1.82) is 0 Å². The van der Waals surface area contributed by atoms with Crippen LogP contribution in [0.4, 0.5) is 4.39 Å². The first-order valence-electron chi connectivity index (χ1n) is 40.5. The molecule has 0 atom stereocenters. The molecule has 576 valence electrons. The Kier molecular flexibility index (Phi) is 19.6. The molecule has 0 spiro atoms. The van der Waals surface area contributed by atoms with Crippen LogP contribution in [0.3, 0.4) is 0 Å². The minimum atomic E-state index is -0.163. The van der Waals surface area contributed by atoms with Gasteiger partial charge in [0.15, 0.2) is 63.7 Å². The van der Waals surface area contributed by atoms with Gasteiger partial charge in [-0.05, 0) is 150 Å². The Hall–Kier alpha value is -12.3. The lowest BCUT2D eigenvalue weighted by atomic mass is 9.85. The van der Waals surface area contributed by atoms with Gasteiger partial charge in [0.25, 0.3) is 0 Å². The van der Waals surface area contributed by atoms with Crippen LogP contribution >= 0.6 is 56.7 Å². The molecule has 0 amide bonds. The monoisotopic (exact) mass is 1630 g/mol. The lowest BCUT2D eigenvalue weighted by Crippen LogP contribution is -2.31. The number of aromatic nitrogens is 5. The lowest BCUT2D eigenvalue weighted by molar-refractivity contribution is -0.671. The molecule has 0 radical (unpaired) electrons. The third-order valence-corrected chi connectivity index (χ3v) is 29.4. The summed E-state index contributed by atoms with van der Waals surface area (Å²) in [5.41, 5.74) is 32.4. The number of rotatable bonds is 5. The van der Waals surface area contributed by atoms with Gasteiger partial charge in [0.05, 0.1) is 54.7 Å². The number of aryl methyl sites for hydroxylation is 3. The van der Waals surface area contributed by atoms with Crippen molar-refractivity contribution in [3.8, 4) is 108 Å². The van der Waals surface area contributed by atoms with Crippen LogP contribution in [0.5, 0.6) is 0 Å². The summed E-state index contributed by atoms with van der Waals surface area (Å²) in [7, 11) is 0. The molecular weight excluding hydrogens is 1550 g/mol. The summed E-state index contributed by atoms with van der Waals surface area (Å²) in [6, 6.07) is 108. The highest BCUT2D eigenvalue weighted by Crippen LogP contribution is 2.47. The number of halogens is 1. The van der Waals surface area contributed by atoms with E-state index in [9.17, 15) is 4.39 Å².